The summed E-state index contributed by atoms with van der Waals surface area (Å²) in [5.41, 5.74) is 13.2. The van der Waals surface area contributed by atoms with Gasteiger partial charge in [0.05, 0.1) is 30.1 Å². The third-order valence-electron chi connectivity index (χ3n) is 5.62. The summed E-state index contributed by atoms with van der Waals surface area (Å²) in [7, 11) is -10.9. The second-order valence-electron chi connectivity index (χ2n) is 9.63. The minimum atomic E-state index is -3.88. The number of thioether (sulfide) groups is 1. The van der Waals surface area contributed by atoms with Gasteiger partial charge in [-0.25, -0.2) is 49.6 Å². The zero-order valence-corrected chi connectivity index (χ0v) is 28.7. The Labute approximate surface area is 266 Å². The number of nitrogens with one attached hydrogen (secondary N) is 2. The normalized spacial score (nSPS) is 12.4. The third-order valence-corrected chi connectivity index (χ3v) is 10.3. The maximum Gasteiger partial charge on any atom is 0.232 e. The zero-order chi connectivity index (χ0) is 32.7. The molecular weight excluding hydrogens is 673 g/mol. The molecule has 2 heterocycles. The number of nitrogen functional groups attached to an aromatic ring is 2. The molecule has 44 heavy (non-hydrogen) atoms. The molecule has 2 aromatic heterocycles. The molecule has 0 bridgehead atoms. The van der Waals surface area contributed by atoms with Crippen molar-refractivity contribution < 1.29 is 30.0 Å². The van der Waals surface area contributed by atoms with Crippen LogP contribution in [0.5, 0.6) is 5.75 Å². The smallest absolute Gasteiger partial charge is 0.232 e. The van der Waals surface area contributed by atoms with Gasteiger partial charge in [-0.3, -0.25) is 4.31 Å². The number of anilines is 3. The fraction of sp³-hybridized carbons (Fsp3) is 0.458. The quantitative estimate of drug-likeness (QED) is 0.0880. The lowest BCUT2D eigenvalue weighted by molar-refractivity contribution is 0.324. The van der Waals surface area contributed by atoms with Crippen LogP contribution in [0.1, 0.15) is 23.9 Å². The molecule has 0 aliphatic carbocycles. The van der Waals surface area contributed by atoms with E-state index in [1.54, 1.807) is 18.2 Å². The first-order chi connectivity index (χ1) is 20.4. The molecule has 15 nitrogen and oxygen atoms in total. The van der Waals surface area contributed by atoms with Crippen molar-refractivity contribution in [3.8, 4) is 16.3 Å². The molecule has 0 unspecified atom stereocenters. The van der Waals surface area contributed by atoms with E-state index < -0.39 is 30.1 Å². The van der Waals surface area contributed by atoms with Crippen LogP contribution in [0.2, 0.25) is 0 Å². The van der Waals surface area contributed by atoms with Gasteiger partial charge >= 0.3 is 0 Å². The first-order valence-electron chi connectivity index (χ1n) is 13.1. The van der Waals surface area contributed by atoms with E-state index in [2.05, 4.69) is 26.3 Å². The van der Waals surface area contributed by atoms with E-state index in [0.717, 1.165) is 46.5 Å². The molecule has 3 rings (SSSR count). The van der Waals surface area contributed by atoms with Gasteiger partial charge in [0.2, 0.25) is 30.1 Å². The van der Waals surface area contributed by atoms with Crippen molar-refractivity contribution in [3.63, 3.8) is 0 Å². The Kier molecular flexibility index (Phi) is 12.2. The first-order valence-corrected chi connectivity index (χ1v) is 20.5. The summed E-state index contributed by atoms with van der Waals surface area (Å²) in [6, 6.07) is 6.35. The maximum atomic E-state index is 12.8. The fourth-order valence-corrected chi connectivity index (χ4v) is 7.81. The molecule has 6 N–H and O–H groups in total. The number of thiazole rings is 1. The summed E-state index contributed by atoms with van der Waals surface area (Å²) in [5.74, 6) is 1.14. The van der Waals surface area contributed by atoms with E-state index in [9.17, 15) is 25.3 Å². The number of ether oxygens (including phenoxy) is 1. The highest BCUT2D eigenvalue weighted by Crippen LogP contribution is 2.38. The second-order valence-corrected chi connectivity index (χ2v) is 17.2. The van der Waals surface area contributed by atoms with Gasteiger partial charge in [0, 0.05) is 41.9 Å². The van der Waals surface area contributed by atoms with Crippen LogP contribution < -0.4 is 30.0 Å². The standard InChI is InChI=1S/C24H36N8O7S5/c1-5-6-20-17(15-40-24-30-21(25)14-22(26)31-24)29-23(41-20)16-7-8-18(19(13-16)39-12-10-28-43(3,35)36)32(44(4,37)38)11-9-27-42(2,33)34/h7-8,13-14,27-28H,5-6,9-12,15H2,1-4H3,(H4,25,26,30,31). The van der Waals surface area contributed by atoms with Gasteiger partial charge in [-0.15, -0.1) is 11.3 Å². The summed E-state index contributed by atoms with van der Waals surface area (Å²) >= 11 is 2.83. The summed E-state index contributed by atoms with van der Waals surface area (Å²) in [6.45, 7) is 1.50. The number of aryl methyl sites for hydroxylation is 1. The van der Waals surface area contributed by atoms with Crippen molar-refractivity contribution in [1.29, 1.82) is 0 Å². The molecule has 0 amide bonds. The molecule has 0 spiro atoms. The van der Waals surface area contributed by atoms with Gasteiger partial charge in [-0.05, 0) is 24.6 Å². The van der Waals surface area contributed by atoms with E-state index in [1.807, 2.05) is 0 Å². The van der Waals surface area contributed by atoms with Crippen molar-refractivity contribution in [3.05, 3.63) is 34.8 Å². The molecule has 0 aliphatic heterocycles. The van der Waals surface area contributed by atoms with Crippen molar-refractivity contribution >= 4 is 70.5 Å². The van der Waals surface area contributed by atoms with Crippen LogP contribution in [0.25, 0.3) is 10.6 Å². The molecule has 0 atom stereocenters. The highest BCUT2D eigenvalue weighted by Gasteiger charge is 2.23. The molecule has 0 radical (unpaired) electrons. The number of hydrogen-bond donors (Lipinski definition) is 4. The van der Waals surface area contributed by atoms with Gasteiger partial charge in [-0.2, -0.15) is 0 Å². The maximum absolute atomic E-state index is 12.8. The average Bonchev–Trinajstić information content (AvgIpc) is 3.28. The van der Waals surface area contributed by atoms with Crippen LogP contribution >= 0.6 is 23.1 Å². The van der Waals surface area contributed by atoms with Crippen LogP contribution in [-0.2, 0) is 42.2 Å². The highest BCUT2D eigenvalue weighted by atomic mass is 32.2. The molecule has 0 saturated heterocycles. The van der Waals surface area contributed by atoms with Crippen molar-refractivity contribution in [2.45, 2.75) is 30.7 Å². The molecule has 0 fully saturated rings. The van der Waals surface area contributed by atoms with E-state index in [4.69, 9.17) is 21.2 Å². The number of nitrogens with two attached hydrogens (primary N) is 2. The Hall–Kier alpha value is -2.75. The van der Waals surface area contributed by atoms with Gasteiger partial charge in [0.25, 0.3) is 0 Å². The molecule has 244 valence electrons. The van der Waals surface area contributed by atoms with E-state index in [0.29, 0.717) is 21.5 Å². The minimum Gasteiger partial charge on any atom is -0.490 e. The molecular formula is C24H36N8O7S5. The third kappa shape index (κ3) is 11.3. The first kappa shape index (κ1) is 35.7. The predicted octanol–water partition coefficient (Wildman–Crippen LogP) is 1.25. The van der Waals surface area contributed by atoms with Crippen LogP contribution in [0.3, 0.4) is 0 Å². The zero-order valence-electron chi connectivity index (χ0n) is 24.6. The summed E-state index contributed by atoms with van der Waals surface area (Å²) in [6.07, 6.45) is 4.64. The van der Waals surface area contributed by atoms with Crippen molar-refractivity contribution in [1.82, 2.24) is 24.4 Å². The van der Waals surface area contributed by atoms with Crippen molar-refractivity contribution in [2.24, 2.45) is 0 Å². The van der Waals surface area contributed by atoms with Gasteiger partial charge in [0.1, 0.15) is 29.0 Å². The Balaban J connectivity index is 1.98. The number of benzene rings is 1. The molecule has 3 aromatic rings. The summed E-state index contributed by atoms with van der Waals surface area (Å²) < 4.78 is 83.2. The Morgan fingerprint density at radius 1 is 0.932 bits per heavy atom. The van der Waals surface area contributed by atoms with Gasteiger partial charge < -0.3 is 16.2 Å². The Morgan fingerprint density at radius 3 is 2.16 bits per heavy atom. The number of sulfonamides is 3. The van der Waals surface area contributed by atoms with E-state index >= 15 is 0 Å². The topological polar surface area (TPSA) is 230 Å². The Bertz CT molecular complexity index is 1760. The second kappa shape index (κ2) is 15.0. The van der Waals surface area contributed by atoms with Crippen LogP contribution in [0.15, 0.2) is 29.4 Å². The van der Waals surface area contributed by atoms with E-state index in [-0.39, 0.29) is 49.3 Å². The number of rotatable bonds is 17. The summed E-state index contributed by atoms with van der Waals surface area (Å²) in [4.78, 5) is 14.3. The SMILES string of the molecule is CCCc1sc(-c2ccc(N(CCNS(C)(=O)=O)S(C)(=O)=O)c(OCCNS(C)(=O)=O)c2)nc1CSc1nc(N)cc(N)n1. The van der Waals surface area contributed by atoms with Crippen molar-refractivity contribution in [2.75, 3.05) is 60.8 Å². The predicted molar refractivity (Wildman–Crippen MR) is 175 cm³/mol. The summed E-state index contributed by atoms with van der Waals surface area (Å²) in [5, 5.41) is 1.08. The largest absolute Gasteiger partial charge is 0.490 e. The van der Waals surface area contributed by atoms with Crippen LogP contribution in [-0.4, -0.2) is 85.2 Å². The molecule has 0 saturated carbocycles. The number of hydrogen-bond acceptors (Lipinski definition) is 14. The molecule has 20 heteroatoms. The molecule has 0 aliphatic rings. The lowest BCUT2D eigenvalue weighted by Gasteiger charge is -2.25. The fourth-order valence-electron chi connectivity index (χ4n) is 3.86. The number of nitrogens with zero attached hydrogens (tertiary/aromatic N) is 4. The Morgan fingerprint density at radius 2 is 1.57 bits per heavy atom. The number of aromatic nitrogens is 3. The van der Waals surface area contributed by atoms with Crippen LogP contribution in [0.4, 0.5) is 17.3 Å². The monoisotopic (exact) mass is 708 g/mol. The molecule has 1 aromatic carbocycles. The van der Waals surface area contributed by atoms with E-state index in [1.165, 1.54) is 29.2 Å². The van der Waals surface area contributed by atoms with Gasteiger partial charge in [0.15, 0.2) is 5.16 Å². The minimum absolute atomic E-state index is 0.0626. The van der Waals surface area contributed by atoms with Crippen LogP contribution in [0, 0.1) is 0 Å². The van der Waals surface area contributed by atoms with Gasteiger partial charge in [-0.1, -0.05) is 25.1 Å². The average molecular weight is 709 g/mol. The highest BCUT2D eigenvalue weighted by molar-refractivity contribution is 7.98. The lowest BCUT2D eigenvalue weighted by atomic mass is 10.2. The lowest BCUT2D eigenvalue weighted by Crippen LogP contribution is -2.38.